The first kappa shape index (κ1) is 17.0. The molecular formula is C22H21NO5. The maximum atomic E-state index is 12.1. The van der Waals surface area contributed by atoms with Crippen LogP contribution >= 0.6 is 0 Å². The van der Waals surface area contributed by atoms with E-state index in [1.54, 1.807) is 21.3 Å². The number of carbonyl (C=O) groups excluding carboxylic acids is 1. The molecule has 1 amide bonds. The van der Waals surface area contributed by atoms with Gasteiger partial charge in [-0.3, -0.25) is 4.90 Å². The Hall–Kier alpha value is -3.15. The van der Waals surface area contributed by atoms with E-state index in [0.717, 1.165) is 39.3 Å². The van der Waals surface area contributed by atoms with Gasteiger partial charge in [-0.25, -0.2) is 4.79 Å². The highest BCUT2D eigenvalue weighted by Crippen LogP contribution is 2.43. The predicted octanol–water partition coefficient (Wildman–Crippen LogP) is 3.90. The van der Waals surface area contributed by atoms with Crippen molar-refractivity contribution in [3.63, 3.8) is 0 Å². The number of amides is 1. The number of rotatable bonds is 3. The van der Waals surface area contributed by atoms with Crippen LogP contribution in [0.15, 0.2) is 30.3 Å². The fourth-order valence-electron chi connectivity index (χ4n) is 4.48. The van der Waals surface area contributed by atoms with Crippen molar-refractivity contribution in [1.29, 1.82) is 0 Å². The minimum absolute atomic E-state index is 0.0759. The number of methoxy groups -OCH3 is 3. The van der Waals surface area contributed by atoms with Gasteiger partial charge in [0.2, 0.25) is 0 Å². The third-order valence-electron chi connectivity index (χ3n) is 5.90. The standard InChI is InChI=1S/C22H21NO5/c1-25-13-4-5-14-16(7-13)18-9-21(27-3)20(26-2)8-17(18)15-6-12-11-28-22(24)23(12)10-19(14)15/h4-5,7-9,12H,6,10-11H2,1-3H3. The second kappa shape index (κ2) is 6.19. The average molecular weight is 379 g/mol. The third kappa shape index (κ3) is 2.30. The SMILES string of the molecule is COc1ccc2c3c(c4cc(OC)c(OC)cc4c2c1)CC1COC(=O)N1C3. The Morgan fingerprint density at radius 1 is 0.893 bits per heavy atom. The molecule has 2 aliphatic heterocycles. The summed E-state index contributed by atoms with van der Waals surface area (Å²) in [6, 6.07) is 10.2. The molecule has 0 saturated carbocycles. The first-order chi connectivity index (χ1) is 13.6. The Bertz CT molecular complexity index is 1120. The molecule has 0 radical (unpaired) electrons. The molecular weight excluding hydrogens is 358 g/mol. The summed E-state index contributed by atoms with van der Waals surface area (Å²) >= 11 is 0. The van der Waals surface area contributed by atoms with Crippen molar-refractivity contribution in [2.45, 2.75) is 19.0 Å². The summed E-state index contributed by atoms with van der Waals surface area (Å²) in [6.45, 7) is 0.986. The van der Waals surface area contributed by atoms with E-state index < -0.39 is 0 Å². The zero-order valence-corrected chi connectivity index (χ0v) is 16.1. The van der Waals surface area contributed by atoms with Crippen LogP contribution in [0.25, 0.3) is 21.5 Å². The lowest BCUT2D eigenvalue weighted by Crippen LogP contribution is -2.38. The Morgan fingerprint density at radius 3 is 2.32 bits per heavy atom. The van der Waals surface area contributed by atoms with Gasteiger partial charge in [0, 0.05) is 0 Å². The minimum atomic E-state index is -0.232. The van der Waals surface area contributed by atoms with E-state index in [1.807, 2.05) is 29.2 Å². The van der Waals surface area contributed by atoms with Crippen molar-refractivity contribution in [2.75, 3.05) is 27.9 Å². The second-order valence-electron chi connectivity index (χ2n) is 7.18. The van der Waals surface area contributed by atoms with Crippen LogP contribution in [0.2, 0.25) is 0 Å². The maximum absolute atomic E-state index is 12.1. The zero-order chi connectivity index (χ0) is 19.4. The molecule has 0 aromatic heterocycles. The van der Waals surface area contributed by atoms with E-state index in [1.165, 1.54) is 5.56 Å². The molecule has 28 heavy (non-hydrogen) atoms. The van der Waals surface area contributed by atoms with Gasteiger partial charge in [0.25, 0.3) is 0 Å². The fraction of sp³-hybridized carbons (Fsp3) is 0.318. The molecule has 0 spiro atoms. The Kier molecular flexibility index (Phi) is 3.75. The smallest absolute Gasteiger partial charge is 0.410 e. The Morgan fingerprint density at radius 2 is 1.61 bits per heavy atom. The highest BCUT2D eigenvalue weighted by molar-refractivity contribution is 6.12. The molecule has 6 heteroatoms. The molecule has 0 N–H and O–H groups in total. The molecule has 5 rings (SSSR count). The van der Waals surface area contributed by atoms with Gasteiger partial charge < -0.3 is 18.9 Å². The summed E-state index contributed by atoms with van der Waals surface area (Å²) in [7, 11) is 4.95. The lowest BCUT2D eigenvalue weighted by Gasteiger charge is -2.31. The van der Waals surface area contributed by atoms with Crippen LogP contribution in [0.4, 0.5) is 4.79 Å². The van der Waals surface area contributed by atoms with Gasteiger partial charge in [0.05, 0.1) is 33.9 Å². The molecule has 2 aliphatic rings. The monoisotopic (exact) mass is 379 g/mol. The van der Waals surface area contributed by atoms with Crippen molar-refractivity contribution in [1.82, 2.24) is 4.90 Å². The summed E-state index contributed by atoms with van der Waals surface area (Å²) in [6.07, 6.45) is 0.527. The summed E-state index contributed by atoms with van der Waals surface area (Å²) in [5, 5.41) is 4.39. The van der Waals surface area contributed by atoms with E-state index >= 15 is 0 Å². The van der Waals surface area contributed by atoms with Crippen molar-refractivity contribution >= 4 is 27.6 Å². The number of hydrogen-bond donors (Lipinski definition) is 0. The van der Waals surface area contributed by atoms with Crippen molar-refractivity contribution < 1.29 is 23.7 Å². The highest BCUT2D eigenvalue weighted by Gasteiger charge is 2.38. The van der Waals surface area contributed by atoms with Crippen LogP contribution in [0.5, 0.6) is 17.2 Å². The summed E-state index contributed by atoms with van der Waals surface area (Å²) in [5.74, 6) is 2.18. The number of fused-ring (bicyclic) bond motifs is 7. The summed E-state index contributed by atoms with van der Waals surface area (Å²) in [4.78, 5) is 14.0. The number of hydrogen-bond acceptors (Lipinski definition) is 5. The highest BCUT2D eigenvalue weighted by atomic mass is 16.6. The van der Waals surface area contributed by atoms with E-state index in [9.17, 15) is 4.79 Å². The quantitative estimate of drug-likeness (QED) is 0.646. The normalized spacial score (nSPS) is 18.0. The van der Waals surface area contributed by atoms with Crippen LogP contribution < -0.4 is 14.2 Å². The first-order valence-electron chi connectivity index (χ1n) is 9.25. The van der Waals surface area contributed by atoms with E-state index in [0.29, 0.717) is 24.7 Å². The topological polar surface area (TPSA) is 57.2 Å². The molecule has 0 bridgehead atoms. The van der Waals surface area contributed by atoms with Gasteiger partial charge in [-0.2, -0.15) is 0 Å². The van der Waals surface area contributed by atoms with Crippen LogP contribution in [-0.4, -0.2) is 45.0 Å². The second-order valence-corrected chi connectivity index (χ2v) is 7.18. The number of ether oxygens (including phenoxy) is 4. The number of nitrogens with zero attached hydrogens (tertiary/aromatic N) is 1. The van der Waals surface area contributed by atoms with Gasteiger partial charge in [-0.05, 0) is 63.4 Å². The zero-order valence-electron chi connectivity index (χ0n) is 16.1. The van der Waals surface area contributed by atoms with Crippen LogP contribution in [0, 0.1) is 0 Å². The molecule has 2 heterocycles. The van der Waals surface area contributed by atoms with E-state index in [-0.39, 0.29) is 12.1 Å². The molecule has 1 atom stereocenters. The lowest BCUT2D eigenvalue weighted by molar-refractivity contribution is 0.155. The van der Waals surface area contributed by atoms with Gasteiger partial charge in [0.1, 0.15) is 12.4 Å². The lowest BCUT2D eigenvalue weighted by atomic mass is 9.85. The summed E-state index contributed by atoms with van der Waals surface area (Å²) in [5.41, 5.74) is 2.40. The Labute approximate surface area is 162 Å². The molecule has 144 valence electrons. The molecule has 1 unspecified atom stereocenters. The van der Waals surface area contributed by atoms with E-state index in [2.05, 4.69) is 6.07 Å². The molecule has 3 aromatic carbocycles. The molecule has 1 saturated heterocycles. The minimum Gasteiger partial charge on any atom is -0.497 e. The summed E-state index contributed by atoms with van der Waals surface area (Å²) < 4.78 is 21.9. The third-order valence-corrected chi connectivity index (χ3v) is 5.90. The predicted molar refractivity (Wildman–Crippen MR) is 105 cm³/mol. The van der Waals surface area contributed by atoms with Crippen molar-refractivity contribution in [3.05, 3.63) is 41.5 Å². The molecule has 6 nitrogen and oxygen atoms in total. The molecule has 0 aliphatic carbocycles. The number of cyclic esters (lactones) is 1. The molecule has 1 fully saturated rings. The van der Waals surface area contributed by atoms with Crippen LogP contribution in [0.1, 0.15) is 11.1 Å². The number of carbonyl (C=O) groups is 1. The van der Waals surface area contributed by atoms with Gasteiger partial charge in [-0.15, -0.1) is 0 Å². The van der Waals surface area contributed by atoms with Crippen molar-refractivity contribution in [3.8, 4) is 17.2 Å². The van der Waals surface area contributed by atoms with Gasteiger partial charge in [-0.1, -0.05) is 6.07 Å². The molecule has 3 aromatic rings. The van der Waals surface area contributed by atoms with Gasteiger partial charge in [0.15, 0.2) is 11.5 Å². The largest absolute Gasteiger partial charge is 0.497 e. The maximum Gasteiger partial charge on any atom is 0.410 e. The Balaban J connectivity index is 1.88. The van der Waals surface area contributed by atoms with Crippen LogP contribution in [-0.2, 0) is 17.7 Å². The number of benzene rings is 3. The van der Waals surface area contributed by atoms with Gasteiger partial charge >= 0.3 is 6.09 Å². The van der Waals surface area contributed by atoms with Crippen LogP contribution in [0.3, 0.4) is 0 Å². The van der Waals surface area contributed by atoms with Crippen molar-refractivity contribution in [2.24, 2.45) is 0 Å². The average Bonchev–Trinajstić information content (AvgIpc) is 3.11. The van der Waals surface area contributed by atoms with E-state index in [4.69, 9.17) is 18.9 Å². The first-order valence-corrected chi connectivity index (χ1v) is 9.25. The fourth-order valence-corrected chi connectivity index (χ4v) is 4.48.